The maximum atomic E-state index is 11.8. The SMILES string of the molecule is CNS(=O)(=O)c1ccc(C)c(NCC2CCCN2)c1. The fourth-order valence-corrected chi connectivity index (χ4v) is 3.00. The molecule has 0 saturated carbocycles. The molecule has 5 nitrogen and oxygen atoms in total. The van der Waals surface area contributed by atoms with Gasteiger partial charge in [-0.2, -0.15) is 0 Å². The summed E-state index contributed by atoms with van der Waals surface area (Å²) in [5.41, 5.74) is 1.93. The van der Waals surface area contributed by atoms with Crippen molar-refractivity contribution < 1.29 is 8.42 Å². The lowest BCUT2D eigenvalue weighted by atomic mass is 10.2. The Morgan fingerprint density at radius 3 is 2.84 bits per heavy atom. The van der Waals surface area contributed by atoms with Gasteiger partial charge in [-0.25, -0.2) is 13.1 Å². The van der Waals surface area contributed by atoms with Gasteiger partial charge in [0.2, 0.25) is 10.0 Å². The van der Waals surface area contributed by atoms with E-state index in [1.165, 1.54) is 19.9 Å². The fraction of sp³-hybridized carbons (Fsp3) is 0.538. The number of benzene rings is 1. The summed E-state index contributed by atoms with van der Waals surface area (Å²) in [6.07, 6.45) is 2.38. The zero-order valence-corrected chi connectivity index (χ0v) is 12.2. The Labute approximate surface area is 114 Å². The molecule has 0 bridgehead atoms. The second-order valence-electron chi connectivity index (χ2n) is 4.86. The summed E-state index contributed by atoms with van der Waals surface area (Å²) in [6.45, 7) is 3.86. The van der Waals surface area contributed by atoms with E-state index in [9.17, 15) is 8.42 Å². The first-order valence-electron chi connectivity index (χ1n) is 6.54. The van der Waals surface area contributed by atoms with Crippen LogP contribution in [0.2, 0.25) is 0 Å². The Bertz CT molecular complexity index is 537. The highest BCUT2D eigenvalue weighted by molar-refractivity contribution is 7.89. The topological polar surface area (TPSA) is 70.2 Å². The van der Waals surface area contributed by atoms with Crippen molar-refractivity contribution in [3.05, 3.63) is 23.8 Å². The highest BCUT2D eigenvalue weighted by Crippen LogP contribution is 2.20. The third-order valence-corrected chi connectivity index (χ3v) is 4.90. The average molecular weight is 283 g/mol. The van der Waals surface area contributed by atoms with E-state index in [0.717, 1.165) is 24.3 Å². The third-order valence-electron chi connectivity index (χ3n) is 3.49. The number of hydrogen-bond acceptors (Lipinski definition) is 4. The largest absolute Gasteiger partial charge is 0.383 e. The Morgan fingerprint density at radius 2 is 2.21 bits per heavy atom. The Hall–Kier alpha value is -1.11. The molecule has 1 saturated heterocycles. The van der Waals surface area contributed by atoms with Gasteiger partial charge in [0.05, 0.1) is 4.90 Å². The molecule has 1 aliphatic heterocycles. The second-order valence-corrected chi connectivity index (χ2v) is 6.74. The van der Waals surface area contributed by atoms with Gasteiger partial charge in [-0.05, 0) is 51.1 Å². The van der Waals surface area contributed by atoms with Crippen molar-refractivity contribution in [2.45, 2.75) is 30.7 Å². The van der Waals surface area contributed by atoms with Crippen LogP contribution in [0.5, 0.6) is 0 Å². The minimum atomic E-state index is -3.38. The van der Waals surface area contributed by atoms with E-state index in [1.54, 1.807) is 12.1 Å². The molecule has 106 valence electrons. The molecule has 6 heteroatoms. The predicted octanol–water partition coefficient (Wildman–Crippen LogP) is 1.07. The van der Waals surface area contributed by atoms with Crippen molar-refractivity contribution in [1.29, 1.82) is 0 Å². The molecule has 0 amide bonds. The lowest BCUT2D eigenvalue weighted by molar-refractivity contribution is 0.588. The van der Waals surface area contributed by atoms with E-state index < -0.39 is 10.0 Å². The number of nitrogens with one attached hydrogen (secondary N) is 3. The molecule has 0 spiro atoms. The van der Waals surface area contributed by atoms with Crippen LogP contribution in [0.4, 0.5) is 5.69 Å². The van der Waals surface area contributed by atoms with Crippen LogP contribution in [-0.4, -0.2) is 34.6 Å². The number of sulfonamides is 1. The first-order valence-corrected chi connectivity index (χ1v) is 8.03. The summed E-state index contributed by atoms with van der Waals surface area (Å²) in [5, 5.41) is 6.75. The smallest absolute Gasteiger partial charge is 0.240 e. The second kappa shape index (κ2) is 5.90. The number of aryl methyl sites for hydroxylation is 1. The summed E-state index contributed by atoms with van der Waals surface area (Å²) >= 11 is 0. The molecule has 0 aliphatic carbocycles. The normalized spacial score (nSPS) is 19.6. The van der Waals surface area contributed by atoms with Gasteiger partial charge >= 0.3 is 0 Å². The molecule has 0 radical (unpaired) electrons. The molecule has 0 aromatic heterocycles. The van der Waals surface area contributed by atoms with Gasteiger partial charge in [-0.3, -0.25) is 0 Å². The first kappa shape index (κ1) is 14.3. The van der Waals surface area contributed by atoms with Crippen LogP contribution in [0, 0.1) is 6.92 Å². The minimum Gasteiger partial charge on any atom is -0.383 e. The number of hydrogen-bond donors (Lipinski definition) is 3. The van der Waals surface area contributed by atoms with Gasteiger partial charge in [0, 0.05) is 18.3 Å². The summed E-state index contributed by atoms with van der Waals surface area (Å²) < 4.78 is 25.9. The van der Waals surface area contributed by atoms with Crippen LogP contribution in [0.15, 0.2) is 23.1 Å². The summed E-state index contributed by atoms with van der Waals surface area (Å²) in [6, 6.07) is 5.62. The Kier molecular flexibility index (Phi) is 4.44. The van der Waals surface area contributed by atoms with E-state index >= 15 is 0 Å². The monoisotopic (exact) mass is 283 g/mol. The van der Waals surface area contributed by atoms with E-state index in [0.29, 0.717) is 10.9 Å². The van der Waals surface area contributed by atoms with Crippen LogP contribution < -0.4 is 15.4 Å². The molecule has 3 N–H and O–H groups in total. The Morgan fingerprint density at radius 1 is 1.42 bits per heavy atom. The summed E-state index contributed by atoms with van der Waals surface area (Å²) in [4.78, 5) is 0.294. The molecule has 1 aromatic rings. The van der Waals surface area contributed by atoms with Crippen molar-refractivity contribution in [3.63, 3.8) is 0 Å². The van der Waals surface area contributed by atoms with Crippen LogP contribution in [0.1, 0.15) is 18.4 Å². The van der Waals surface area contributed by atoms with Crippen LogP contribution in [-0.2, 0) is 10.0 Å². The molecular weight excluding hydrogens is 262 g/mol. The molecule has 1 heterocycles. The van der Waals surface area contributed by atoms with E-state index in [4.69, 9.17) is 0 Å². The molecule has 2 rings (SSSR count). The average Bonchev–Trinajstić information content (AvgIpc) is 2.90. The van der Waals surface area contributed by atoms with E-state index in [1.807, 2.05) is 13.0 Å². The van der Waals surface area contributed by atoms with Crippen molar-refractivity contribution in [2.24, 2.45) is 0 Å². The number of rotatable bonds is 5. The Balaban J connectivity index is 2.13. The zero-order valence-electron chi connectivity index (χ0n) is 11.4. The molecular formula is C13H21N3O2S. The standard InChI is InChI=1S/C13H21N3O2S/c1-10-5-6-12(19(17,18)14-2)8-13(10)16-9-11-4-3-7-15-11/h5-6,8,11,14-16H,3-4,7,9H2,1-2H3. The molecule has 1 unspecified atom stereocenters. The van der Waals surface area contributed by atoms with Gasteiger partial charge in [0.1, 0.15) is 0 Å². The van der Waals surface area contributed by atoms with Crippen LogP contribution in [0.25, 0.3) is 0 Å². The number of anilines is 1. The molecule has 1 aliphatic rings. The van der Waals surface area contributed by atoms with Gasteiger partial charge in [-0.1, -0.05) is 6.07 Å². The lowest BCUT2D eigenvalue weighted by Crippen LogP contribution is -2.29. The van der Waals surface area contributed by atoms with E-state index in [-0.39, 0.29) is 0 Å². The third kappa shape index (κ3) is 3.46. The molecule has 19 heavy (non-hydrogen) atoms. The zero-order chi connectivity index (χ0) is 13.9. The van der Waals surface area contributed by atoms with Crippen molar-refractivity contribution >= 4 is 15.7 Å². The first-order chi connectivity index (χ1) is 9.03. The van der Waals surface area contributed by atoms with Crippen molar-refractivity contribution in [2.75, 3.05) is 25.5 Å². The lowest BCUT2D eigenvalue weighted by Gasteiger charge is -2.15. The molecule has 1 atom stereocenters. The maximum Gasteiger partial charge on any atom is 0.240 e. The summed E-state index contributed by atoms with van der Waals surface area (Å²) in [7, 11) is -1.96. The fourth-order valence-electron chi connectivity index (χ4n) is 2.24. The highest BCUT2D eigenvalue weighted by atomic mass is 32.2. The van der Waals surface area contributed by atoms with Crippen molar-refractivity contribution in [1.82, 2.24) is 10.0 Å². The molecule has 1 aromatic carbocycles. The van der Waals surface area contributed by atoms with Gasteiger partial charge < -0.3 is 10.6 Å². The quantitative estimate of drug-likeness (QED) is 0.756. The predicted molar refractivity (Wildman–Crippen MR) is 76.9 cm³/mol. The maximum absolute atomic E-state index is 11.8. The molecule has 1 fully saturated rings. The van der Waals surface area contributed by atoms with Gasteiger partial charge in [-0.15, -0.1) is 0 Å². The van der Waals surface area contributed by atoms with Gasteiger partial charge in [0.15, 0.2) is 0 Å². The van der Waals surface area contributed by atoms with E-state index in [2.05, 4.69) is 15.4 Å². The minimum absolute atomic E-state index is 0.294. The summed E-state index contributed by atoms with van der Waals surface area (Å²) in [5.74, 6) is 0. The van der Waals surface area contributed by atoms with Crippen LogP contribution in [0.3, 0.4) is 0 Å². The van der Waals surface area contributed by atoms with Crippen molar-refractivity contribution in [3.8, 4) is 0 Å². The van der Waals surface area contributed by atoms with Gasteiger partial charge in [0.25, 0.3) is 0 Å². The highest BCUT2D eigenvalue weighted by Gasteiger charge is 2.15. The van der Waals surface area contributed by atoms with Crippen LogP contribution >= 0.6 is 0 Å².